The Morgan fingerprint density at radius 2 is 0.972 bits per heavy atom. The van der Waals surface area contributed by atoms with Gasteiger partial charge in [0.05, 0.1) is 35.2 Å². The standard InChI is InChI=1S/C60H87N3O8/c1-15-17-19-21-23-28-32-70-54-47(56(3,4)5)36-44(37-48(54)57(6,7)8)60(65,45-38-49(58(9,10)11)55(50(39-45)59(12,13)14)71-33-29-24-22-20-18-16-2)52(34-42-30-26-25-27-31-42)61-41-43-35-46(62(66)67)40-51(53(43)64)63(68)69/h25-27,30-31,35-41,52,64-65H,15-24,28-29,32-34H2,1-14H3. The predicted octanol–water partition coefficient (Wildman–Crippen LogP) is 15.8. The number of aliphatic imine (C=N–C) groups is 1. The molecule has 4 aromatic carbocycles. The molecule has 1 atom stereocenters. The highest BCUT2D eigenvalue weighted by atomic mass is 16.6. The van der Waals surface area contributed by atoms with Crippen molar-refractivity contribution in [3.63, 3.8) is 0 Å². The van der Waals surface area contributed by atoms with Crippen LogP contribution in [0.3, 0.4) is 0 Å². The molecule has 0 spiro atoms. The Morgan fingerprint density at radius 1 is 0.577 bits per heavy atom. The molecule has 0 aliphatic carbocycles. The van der Waals surface area contributed by atoms with Gasteiger partial charge in [-0.3, -0.25) is 25.2 Å². The second-order valence-corrected chi connectivity index (χ2v) is 23.7. The summed E-state index contributed by atoms with van der Waals surface area (Å²) in [7, 11) is 0. The highest BCUT2D eigenvalue weighted by Gasteiger charge is 2.45. The van der Waals surface area contributed by atoms with Crippen LogP contribution in [0.1, 0.15) is 218 Å². The van der Waals surface area contributed by atoms with E-state index in [4.69, 9.17) is 14.5 Å². The Bertz CT molecular complexity index is 2250. The molecule has 0 aliphatic rings. The number of nitro groups is 2. The zero-order chi connectivity index (χ0) is 53.0. The molecule has 0 aromatic heterocycles. The van der Waals surface area contributed by atoms with Gasteiger partial charge < -0.3 is 19.7 Å². The van der Waals surface area contributed by atoms with Crippen molar-refractivity contribution in [2.75, 3.05) is 13.2 Å². The first-order valence-corrected chi connectivity index (χ1v) is 26.3. The van der Waals surface area contributed by atoms with Gasteiger partial charge in [0.15, 0.2) is 0 Å². The normalized spacial score (nSPS) is 13.2. The Labute approximate surface area is 426 Å². The van der Waals surface area contributed by atoms with Crippen molar-refractivity contribution in [2.24, 2.45) is 4.99 Å². The molecule has 4 aromatic rings. The average molecular weight is 978 g/mol. The SMILES string of the molecule is CCCCCCCCOc1c(C(C)(C)C)cc(C(O)(c2cc(C(C)(C)C)c(OCCCCCCCC)c(C(C)(C)C)c2)C(Cc2ccccc2)N=Cc2cc([N+](=O)[O-])cc([N+](=O)[O-])c2O)cc1C(C)(C)C. The van der Waals surface area contributed by atoms with Gasteiger partial charge in [0.1, 0.15) is 17.1 Å². The number of hydrogen-bond donors (Lipinski definition) is 2. The number of rotatable bonds is 25. The maximum absolute atomic E-state index is 14.6. The number of benzene rings is 4. The number of aliphatic hydroxyl groups is 1. The minimum atomic E-state index is -1.95. The van der Waals surface area contributed by atoms with E-state index in [9.17, 15) is 30.4 Å². The van der Waals surface area contributed by atoms with Crippen LogP contribution in [-0.4, -0.2) is 45.5 Å². The summed E-state index contributed by atoms with van der Waals surface area (Å²) in [5, 5.41) is 50.2. The zero-order valence-corrected chi connectivity index (χ0v) is 45.8. The number of unbranched alkanes of at least 4 members (excludes halogenated alkanes) is 10. The van der Waals surface area contributed by atoms with Crippen LogP contribution in [0.25, 0.3) is 0 Å². The van der Waals surface area contributed by atoms with Crippen LogP contribution < -0.4 is 9.47 Å². The molecule has 4 rings (SSSR count). The molecule has 0 saturated heterocycles. The minimum absolute atomic E-state index is 0.170. The lowest BCUT2D eigenvalue weighted by atomic mass is 9.70. The average Bonchev–Trinajstić information content (AvgIpc) is 3.28. The molecular formula is C60H87N3O8. The second kappa shape index (κ2) is 24.9. The van der Waals surface area contributed by atoms with Crippen LogP contribution in [0.4, 0.5) is 11.4 Å². The van der Waals surface area contributed by atoms with E-state index in [1.807, 2.05) is 30.3 Å². The van der Waals surface area contributed by atoms with Gasteiger partial charge in [0, 0.05) is 40.1 Å². The fourth-order valence-electron chi connectivity index (χ4n) is 9.19. The monoisotopic (exact) mass is 978 g/mol. The molecule has 0 radical (unpaired) electrons. The van der Waals surface area contributed by atoms with E-state index in [-0.39, 0.29) is 12.0 Å². The Morgan fingerprint density at radius 3 is 1.34 bits per heavy atom. The van der Waals surface area contributed by atoms with Gasteiger partial charge in [-0.1, -0.05) is 191 Å². The second-order valence-electron chi connectivity index (χ2n) is 23.7. The summed E-state index contributed by atoms with van der Waals surface area (Å²) in [6.07, 6.45) is 14.9. The third-order valence-corrected chi connectivity index (χ3v) is 13.4. The van der Waals surface area contributed by atoms with Crippen molar-refractivity contribution >= 4 is 17.6 Å². The van der Waals surface area contributed by atoms with Gasteiger partial charge in [-0.2, -0.15) is 0 Å². The van der Waals surface area contributed by atoms with Gasteiger partial charge in [0.2, 0.25) is 5.75 Å². The van der Waals surface area contributed by atoms with Gasteiger partial charge in [-0.25, -0.2) is 0 Å². The number of hydrogen-bond acceptors (Lipinski definition) is 9. The highest BCUT2D eigenvalue weighted by molar-refractivity contribution is 5.87. The van der Waals surface area contributed by atoms with Crippen molar-refractivity contribution in [3.8, 4) is 17.2 Å². The third kappa shape index (κ3) is 15.6. The third-order valence-electron chi connectivity index (χ3n) is 13.4. The number of nitrogens with zero attached hydrogens (tertiary/aromatic N) is 3. The van der Waals surface area contributed by atoms with Crippen LogP contribution in [0.2, 0.25) is 0 Å². The Balaban J connectivity index is 2.19. The van der Waals surface area contributed by atoms with E-state index >= 15 is 0 Å². The van der Waals surface area contributed by atoms with Crippen molar-refractivity contribution < 1.29 is 29.5 Å². The molecule has 71 heavy (non-hydrogen) atoms. The molecule has 0 heterocycles. The van der Waals surface area contributed by atoms with Crippen molar-refractivity contribution in [1.82, 2.24) is 0 Å². The number of ether oxygens (including phenoxy) is 2. The topological polar surface area (TPSA) is 158 Å². The molecular weight excluding hydrogens is 891 g/mol. The summed E-state index contributed by atoms with van der Waals surface area (Å²) in [5.74, 6) is 0.830. The van der Waals surface area contributed by atoms with E-state index in [1.165, 1.54) is 44.7 Å². The summed E-state index contributed by atoms with van der Waals surface area (Å²) < 4.78 is 13.8. The molecule has 0 fully saturated rings. The molecule has 11 nitrogen and oxygen atoms in total. The van der Waals surface area contributed by atoms with E-state index in [1.54, 1.807) is 0 Å². The zero-order valence-electron chi connectivity index (χ0n) is 45.8. The molecule has 11 heteroatoms. The predicted molar refractivity (Wildman–Crippen MR) is 291 cm³/mol. The first-order valence-electron chi connectivity index (χ1n) is 26.3. The van der Waals surface area contributed by atoms with E-state index in [0.717, 1.165) is 90.0 Å². The van der Waals surface area contributed by atoms with Crippen LogP contribution in [0.5, 0.6) is 17.2 Å². The quantitative estimate of drug-likeness (QED) is 0.0287. The van der Waals surface area contributed by atoms with Gasteiger partial charge in [-0.05, 0) is 81.9 Å². The van der Waals surface area contributed by atoms with Crippen LogP contribution in [-0.2, 0) is 33.7 Å². The highest BCUT2D eigenvalue weighted by Crippen LogP contribution is 2.49. The lowest BCUT2D eigenvalue weighted by Gasteiger charge is -2.40. The molecule has 0 bridgehead atoms. The number of phenolic OH excluding ortho intramolecular Hbond substituents is 1. The smallest absolute Gasteiger partial charge is 0.318 e. The molecule has 0 amide bonds. The Kier molecular flexibility index (Phi) is 20.4. The van der Waals surface area contributed by atoms with Gasteiger partial charge in [0.25, 0.3) is 5.69 Å². The summed E-state index contributed by atoms with van der Waals surface area (Å²) in [4.78, 5) is 27.8. The van der Waals surface area contributed by atoms with E-state index in [0.29, 0.717) is 24.3 Å². The van der Waals surface area contributed by atoms with E-state index < -0.39 is 60.3 Å². The van der Waals surface area contributed by atoms with Gasteiger partial charge in [-0.15, -0.1) is 0 Å². The van der Waals surface area contributed by atoms with Crippen LogP contribution in [0, 0.1) is 20.2 Å². The molecule has 390 valence electrons. The van der Waals surface area contributed by atoms with Crippen molar-refractivity contribution in [1.29, 1.82) is 0 Å². The number of phenols is 1. The largest absolute Gasteiger partial charge is 0.502 e. The van der Waals surface area contributed by atoms with Crippen LogP contribution in [0.15, 0.2) is 71.7 Å². The Hall–Kier alpha value is -5.29. The lowest BCUT2D eigenvalue weighted by molar-refractivity contribution is -0.394. The molecule has 2 N–H and O–H groups in total. The number of nitro benzene ring substituents is 2. The van der Waals surface area contributed by atoms with Crippen molar-refractivity contribution in [3.05, 3.63) is 131 Å². The molecule has 0 aliphatic heterocycles. The maximum Gasteiger partial charge on any atom is 0.318 e. The maximum atomic E-state index is 14.6. The fourth-order valence-corrected chi connectivity index (χ4v) is 9.19. The van der Waals surface area contributed by atoms with E-state index in [2.05, 4.69) is 121 Å². The first-order chi connectivity index (χ1) is 33.2. The summed E-state index contributed by atoms with van der Waals surface area (Å²) in [6, 6.07) is 18.6. The molecule has 0 saturated carbocycles. The van der Waals surface area contributed by atoms with Crippen molar-refractivity contribution in [2.45, 2.75) is 214 Å². The summed E-state index contributed by atoms with van der Waals surface area (Å²) in [6.45, 7) is 31.3. The van der Waals surface area contributed by atoms with Crippen LogP contribution >= 0.6 is 0 Å². The minimum Gasteiger partial charge on any atom is -0.502 e. The summed E-state index contributed by atoms with van der Waals surface area (Å²) >= 11 is 0. The van der Waals surface area contributed by atoms with Gasteiger partial charge >= 0.3 is 5.69 Å². The first kappa shape index (κ1) is 58.3. The lowest BCUT2D eigenvalue weighted by Crippen LogP contribution is -2.42. The molecule has 1 unspecified atom stereocenters. The fraction of sp³-hybridized carbons (Fsp3) is 0.583. The summed E-state index contributed by atoms with van der Waals surface area (Å²) in [5.41, 5.74) is 0.250. The number of aromatic hydroxyl groups is 1. The number of non-ortho nitro benzene ring substituents is 1.